The highest BCUT2D eigenvalue weighted by molar-refractivity contribution is 7.22. The van der Waals surface area contributed by atoms with Crippen LogP contribution in [0.4, 0.5) is 5.13 Å². The minimum Gasteiger partial charge on any atom is -0.492 e. The minimum absolute atomic E-state index is 0.0581. The lowest BCUT2D eigenvalue weighted by atomic mass is 10.0. The Morgan fingerprint density at radius 3 is 2.74 bits per heavy atom. The van der Waals surface area contributed by atoms with E-state index < -0.39 is 0 Å². The summed E-state index contributed by atoms with van der Waals surface area (Å²) in [6, 6.07) is 11.8. The average molecular weight is 385 g/mol. The van der Waals surface area contributed by atoms with Gasteiger partial charge in [0.2, 0.25) is 0 Å². The van der Waals surface area contributed by atoms with Gasteiger partial charge < -0.3 is 9.47 Å². The predicted molar refractivity (Wildman–Crippen MR) is 110 cm³/mol. The molecule has 1 heterocycles. The quantitative estimate of drug-likeness (QED) is 0.612. The van der Waals surface area contributed by atoms with Gasteiger partial charge in [-0.2, -0.15) is 0 Å². The number of carbonyl (C=O) groups is 1. The topological polar surface area (TPSA) is 60.5 Å². The number of ether oxygens (including phenoxy) is 2. The van der Waals surface area contributed by atoms with Crippen molar-refractivity contribution in [3.05, 3.63) is 47.5 Å². The van der Waals surface area contributed by atoms with E-state index in [1.807, 2.05) is 38.1 Å². The molecule has 5 nitrogen and oxygen atoms in total. The highest BCUT2D eigenvalue weighted by Gasteiger charge is 2.13. The van der Waals surface area contributed by atoms with Crippen molar-refractivity contribution in [3.63, 3.8) is 0 Å². The number of fused-ring (bicyclic) bond motifs is 1. The van der Waals surface area contributed by atoms with E-state index in [2.05, 4.69) is 36.3 Å². The summed E-state index contributed by atoms with van der Waals surface area (Å²) in [5.41, 5.74) is 2.96. The molecular weight excluding hydrogens is 360 g/mol. The van der Waals surface area contributed by atoms with Crippen LogP contribution < -0.4 is 14.8 Å². The van der Waals surface area contributed by atoms with Crippen molar-refractivity contribution in [2.24, 2.45) is 0 Å². The van der Waals surface area contributed by atoms with Gasteiger partial charge in [-0.25, -0.2) is 4.98 Å². The Hall–Kier alpha value is -2.60. The number of hydrogen-bond acceptors (Lipinski definition) is 5. The van der Waals surface area contributed by atoms with Crippen LogP contribution in [-0.2, 0) is 4.79 Å². The third-order valence-corrected chi connectivity index (χ3v) is 5.01. The number of carbonyl (C=O) groups excluding carboxylic acids is 1. The van der Waals surface area contributed by atoms with E-state index in [1.54, 1.807) is 0 Å². The Kier molecular flexibility index (Phi) is 5.96. The van der Waals surface area contributed by atoms with Gasteiger partial charge in [-0.15, -0.1) is 0 Å². The fraction of sp³-hybridized carbons (Fsp3) is 0.333. The summed E-state index contributed by atoms with van der Waals surface area (Å²) in [4.78, 5) is 16.8. The van der Waals surface area contributed by atoms with Gasteiger partial charge in [-0.05, 0) is 49.1 Å². The van der Waals surface area contributed by atoms with Crippen LogP contribution in [0.25, 0.3) is 10.2 Å². The van der Waals surface area contributed by atoms with Gasteiger partial charge in [-0.3, -0.25) is 10.1 Å². The van der Waals surface area contributed by atoms with Gasteiger partial charge in [0.05, 0.1) is 11.3 Å². The number of para-hydroxylation sites is 1. The van der Waals surface area contributed by atoms with Crippen molar-refractivity contribution in [3.8, 4) is 11.5 Å². The molecule has 1 aromatic heterocycles. The Morgan fingerprint density at radius 2 is 2.00 bits per heavy atom. The molecule has 0 fully saturated rings. The maximum Gasteiger partial charge on any atom is 0.264 e. The van der Waals surface area contributed by atoms with Gasteiger partial charge in [0.25, 0.3) is 5.91 Å². The van der Waals surface area contributed by atoms with Crippen molar-refractivity contribution < 1.29 is 14.3 Å². The van der Waals surface area contributed by atoms with Crippen LogP contribution in [0.15, 0.2) is 36.4 Å². The Morgan fingerprint density at radius 1 is 1.19 bits per heavy atom. The lowest BCUT2D eigenvalue weighted by molar-refractivity contribution is -0.118. The molecule has 0 saturated heterocycles. The Labute approximate surface area is 163 Å². The van der Waals surface area contributed by atoms with Crippen molar-refractivity contribution in [1.29, 1.82) is 0 Å². The average Bonchev–Trinajstić information content (AvgIpc) is 3.03. The number of anilines is 1. The maximum absolute atomic E-state index is 12.3. The second kappa shape index (κ2) is 8.39. The van der Waals surface area contributed by atoms with Gasteiger partial charge in [0, 0.05) is 0 Å². The smallest absolute Gasteiger partial charge is 0.264 e. The summed E-state index contributed by atoms with van der Waals surface area (Å²) >= 11 is 1.42. The normalized spacial score (nSPS) is 11.0. The second-order valence-electron chi connectivity index (χ2n) is 6.59. The lowest BCUT2D eigenvalue weighted by Gasteiger charge is -2.14. The molecule has 3 aromatic rings. The van der Waals surface area contributed by atoms with Crippen molar-refractivity contribution in [2.75, 3.05) is 18.5 Å². The second-order valence-corrected chi connectivity index (χ2v) is 7.62. The molecule has 142 valence electrons. The van der Waals surface area contributed by atoms with Crippen molar-refractivity contribution >= 4 is 32.6 Å². The molecule has 6 heteroatoms. The summed E-state index contributed by atoms with van der Waals surface area (Å²) in [6.45, 7) is 8.66. The monoisotopic (exact) mass is 384 g/mol. The zero-order chi connectivity index (χ0) is 19.4. The summed E-state index contributed by atoms with van der Waals surface area (Å²) in [6.07, 6.45) is 0. The van der Waals surface area contributed by atoms with Crippen molar-refractivity contribution in [2.45, 2.75) is 33.6 Å². The number of hydrogen-bond donors (Lipinski definition) is 1. The number of amides is 1. The molecule has 1 N–H and O–H groups in total. The lowest BCUT2D eigenvalue weighted by Crippen LogP contribution is -2.20. The molecule has 0 aliphatic heterocycles. The summed E-state index contributed by atoms with van der Waals surface area (Å²) in [5, 5.41) is 3.36. The predicted octanol–water partition coefficient (Wildman–Crippen LogP) is 5.14. The number of aryl methyl sites for hydroxylation is 1. The number of nitrogens with one attached hydrogen (secondary N) is 1. The number of thiazole rings is 1. The van der Waals surface area contributed by atoms with E-state index in [0.717, 1.165) is 32.8 Å². The van der Waals surface area contributed by atoms with E-state index in [4.69, 9.17) is 9.47 Å². The Bertz CT molecular complexity index is 950. The van der Waals surface area contributed by atoms with Crippen LogP contribution in [0.1, 0.15) is 37.8 Å². The van der Waals surface area contributed by atoms with E-state index in [1.165, 1.54) is 11.3 Å². The highest BCUT2D eigenvalue weighted by Crippen LogP contribution is 2.32. The van der Waals surface area contributed by atoms with Crippen LogP contribution in [0.2, 0.25) is 0 Å². The maximum atomic E-state index is 12.3. The summed E-state index contributed by atoms with van der Waals surface area (Å²) in [7, 11) is 0. The zero-order valence-electron chi connectivity index (χ0n) is 16.0. The molecular formula is C21H24N2O3S. The molecule has 0 saturated carbocycles. The summed E-state index contributed by atoms with van der Waals surface area (Å²) < 4.78 is 12.4. The fourth-order valence-electron chi connectivity index (χ4n) is 2.79. The van der Waals surface area contributed by atoms with Gasteiger partial charge >= 0.3 is 0 Å². The van der Waals surface area contributed by atoms with Crippen LogP contribution in [-0.4, -0.2) is 24.1 Å². The Balaban J connectivity index is 1.69. The standard InChI is InChI=1S/C21H24N2O3S/c1-5-25-16-7-6-8-18-20(16)23-21(27-18)22-19(24)12-26-17-11-14(4)9-10-15(17)13(2)3/h6-11,13H,5,12H2,1-4H3,(H,22,23,24). The van der Waals surface area contributed by atoms with Gasteiger partial charge in [0.15, 0.2) is 11.7 Å². The molecule has 0 aliphatic rings. The molecule has 0 atom stereocenters. The van der Waals surface area contributed by atoms with Crippen LogP contribution in [0, 0.1) is 6.92 Å². The molecule has 1 amide bonds. The van der Waals surface area contributed by atoms with Gasteiger partial charge in [0.1, 0.15) is 17.0 Å². The molecule has 3 rings (SSSR count). The first-order valence-corrected chi connectivity index (χ1v) is 9.85. The number of benzene rings is 2. The SMILES string of the molecule is CCOc1cccc2sc(NC(=O)COc3cc(C)ccc3C(C)C)nc12. The fourth-order valence-corrected chi connectivity index (χ4v) is 3.69. The number of nitrogens with zero attached hydrogens (tertiary/aromatic N) is 1. The third kappa shape index (κ3) is 4.57. The highest BCUT2D eigenvalue weighted by atomic mass is 32.1. The van der Waals surface area contributed by atoms with E-state index in [-0.39, 0.29) is 12.5 Å². The molecule has 0 bridgehead atoms. The molecule has 0 aliphatic carbocycles. The largest absolute Gasteiger partial charge is 0.492 e. The van der Waals surface area contributed by atoms with E-state index in [9.17, 15) is 4.79 Å². The zero-order valence-corrected chi connectivity index (χ0v) is 16.9. The van der Waals surface area contributed by atoms with Crippen molar-refractivity contribution in [1.82, 2.24) is 4.98 Å². The first-order chi connectivity index (χ1) is 13.0. The minimum atomic E-state index is -0.233. The summed E-state index contributed by atoms with van der Waals surface area (Å²) in [5.74, 6) is 1.57. The van der Waals surface area contributed by atoms with E-state index in [0.29, 0.717) is 17.7 Å². The molecule has 0 radical (unpaired) electrons. The molecule has 0 spiro atoms. The molecule has 0 unspecified atom stereocenters. The molecule has 27 heavy (non-hydrogen) atoms. The first-order valence-electron chi connectivity index (χ1n) is 9.03. The van der Waals surface area contributed by atoms with Gasteiger partial charge in [-0.1, -0.05) is 43.4 Å². The van der Waals surface area contributed by atoms with Crippen LogP contribution >= 0.6 is 11.3 Å². The first kappa shape index (κ1) is 19.2. The number of rotatable bonds is 7. The number of aromatic nitrogens is 1. The third-order valence-electron chi connectivity index (χ3n) is 4.08. The van der Waals surface area contributed by atoms with Crippen LogP contribution in [0.5, 0.6) is 11.5 Å². The van der Waals surface area contributed by atoms with Crippen LogP contribution in [0.3, 0.4) is 0 Å². The molecule has 2 aromatic carbocycles. The van der Waals surface area contributed by atoms with E-state index >= 15 is 0 Å².